The standard InChI is InChI=1S/C17H21F2N3OS/c1-11(12-6-7-13(18)14(19)9-12)21-17(23)20-10-15(22(2)3)16-5-4-8-24-16/h4-9,11,15H,10H2,1-3H3,(H2,20,21,23). The summed E-state index contributed by atoms with van der Waals surface area (Å²) in [6, 6.07) is 6.90. The van der Waals surface area contributed by atoms with E-state index in [0.717, 1.165) is 17.0 Å². The molecule has 0 spiro atoms. The molecular weight excluding hydrogens is 332 g/mol. The largest absolute Gasteiger partial charge is 0.336 e. The highest BCUT2D eigenvalue weighted by Gasteiger charge is 2.17. The van der Waals surface area contributed by atoms with Crippen molar-refractivity contribution in [1.82, 2.24) is 15.5 Å². The number of carbonyl (C=O) groups is 1. The summed E-state index contributed by atoms with van der Waals surface area (Å²) in [5.41, 5.74) is 0.506. The van der Waals surface area contributed by atoms with E-state index < -0.39 is 17.7 Å². The van der Waals surface area contributed by atoms with E-state index in [9.17, 15) is 13.6 Å². The zero-order chi connectivity index (χ0) is 17.7. The van der Waals surface area contributed by atoms with Crippen molar-refractivity contribution in [1.29, 1.82) is 0 Å². The average molecular weight is 353 g/mol. The summed E-state index contributed by atoms with van der Waals surface area (Å²) in [5.74, 6) is -1.83. The fourth-order valence-electron chi connectivity index (χ4n) is 2.32. The van der Waals surface area contributed by atoms with Gasteiger partial charge in [-0.15, -0.1) is 11.3 Å². The van der Waals surface area contributed by atoms with Crippen LogP contribution in [0.5, 0.6) is 0 Å². The summed E-state index contributed by atoms with van der Waals surface area (Å²) in [7, 11) is 3.90. The quantitative estimate of drug-likeness (QED) is 0.832. The lowest BCUT2D eigenvalue weighted by molar-refractivity contribution is 0.230. The number of nitrogens with one attached hydrogen (secondary N) is 2. The lowest BCUT2D eigenvalue weighted by Gasteiger charge is -2.24. The Morgan fingerprint density at radius 1 is 1.25 bits per heavy atom. The van der Waals surface area contributed by atoms with Crippen molar-refractivity contribution < 1.29 is 13.6 Å². The lowest BCUT2D eigenvalue weighted by Crippen LogP contribution is -2.41. The number of urea groups is 1. The molecule has 0 fully saturated rings. The molecule has 2 atom stereocenters. The first kappa shape index (κ1) is 18.4. The Morgan fingerprint density at radius 2 is 2.00 bits per heavy atom. The first-order valence-corrected chi connectivity index (χ1v) is 8.45. The van der Waals surface area contributed by atoms with Crippen LogP contribution in [0.3, 0.4) is 0 Å². The molecule has 0 saturated carbocycles. The van der Waals surface area contributed by atoms with Gasteiger partial charge < -0.3 is 15.5 Å². The number of hydrogen-bond acceptors (Lipinski definition) is 3. The number of likely N-dealkylation sites (N-methyl/N-ethyl adjacent to an activating group) is 1. The van der Waals surface area contributed by atoms with Crippen LogP contribution in [0.25, 0.3) is 0 Å². The second-order valence-corrected chi connectivity index (χ2v) is 6.72. The average Bonchev–Trinajstić information content (AvgIpc) is 3.03. The van der Waals surface area contributed by atoms with Crippen molar-refractivity contribution >= 4 is 17.4 Å². The molecule has 1 heterocycles. The fourth-order valence-corrected chi connectivity index (χ4v) is 3.24. The number of carbonyl (C=O) groups excluding carboxylic acids is 1. The summed E-state index contributed by atoms with van der Waals surface area (Å²) in [6.45, 7) is 2.17. The summed E-state index contributed by atoms with van der Waals surface area (Å²) < 4.78 is 26.2. The van der Waals surface area contributed by atoms with Crippen LogP contribution in [0.1, 0.15) is 29.4 Å². The van der Waals surface area contributed by atoms with Gasteiger partial charge in [0.25, 0.3) is 0 Å². The summed E-state index contributed by atoms with van der Waals surface area (Å²) in [6.07, 6.45) is 0. The molecule has 0 bridgehead atoms. The highest BCUT2D eigenvalue weighted by Crippen LogP contribution is 2.22. The number of hydrogen-bond donors (Lipinski definition) is 2. The molecule has 24 heavy (non-hydrogen) atoms. The van der Waals surface area contributed by atoms with Crippen LogP contribution >= 0.6 is 11.3 Å². The van der Waals surface area contributed by atoms with Crippen LogP contribution in [-0.2, 0) is 0 Å². The first-order chi connectivity index (χ1) is 11.4. The fraction of sp³-hybridized carbons (Fsp3) is 0.353. The molecule has 130 valence electrons. The number of halogens is 2. The van der Waals surface area contributed by atoms with E-state index >= 15 is 0 Å². The van der Waals surface area contributed by atoms with Crippen LogP contribution < -0.4 is 10.6 Å². The van der Waals surface area contributed by atoms with Crippen LogP contribution in [0.15, 0.2) is 35.7 Å². The van der Waals surface area contributed by atoms with Gasteiger partial charge in [-0.2, -0.15) is 0 Å². The third-order valence-corrected chi connectivity index (χ3v) is 4.72. The van der Waals surface area contributed by atoms with Crippen LogP contribution in [0, 0.1) is 11.6 Å². The van der Waals surface area contributed by atoms with Crippen molar-refractivity contribution in [3.8, 4) is 0 Å². The minimum Gasteiger partial charge on any atom is -0.336 e. The van der Waals surface area contributed by atoms with Gasteiger partial charge in [-0.25, -0.2) is 13.6 Å². The molecule has 0 aliphatic rings. The van der Waals surface area contributed by atoms with E-state index in [2.05, 4.69) is 10.6 Å². The van der Waals surface area contributed by atoms with Gasteiger partial charge in [0.2, 0.25) is 0 Å². The van der Waals surface area contributed by atoms with Crippen LogP contribution in [0.2, 0.25) is 0 Å². The molecule has 1 aromatic heterocycles. The molecule has 1 aromatic carbocycles. The zero-order valence-corrected chi connectivity index (χ0v) is 14.7. The van der Waals surface area contributed by atoms with Crippen LogP contribution in [-0.4, -0.2) is 31.6 Å². The van der Waals surface area contributed by atoms with Gasteiger partial charge in [-0.3, -0.25) is 0 Å². The van der Waals surface area contributed by atoms with Gasteiger partial charge in [0.1, 0.15) is 0 Å². The van der Waals surface area contributed by atoms with Crippen molar-refractivity contribution in [3.05, 3.63) is 57.8 Å². The van der Waals surface area contributed by atoms with E-state index in [-0.39, 0.29) is 12.1 Å². The molecule has 2 unspecified atom stereocenters. The number of benzene rings is 1. The van der Waals surface area contributed by atoms with Gasteiger partial charge in [-0.05, 0) is 50.2 Å². The Morgan fingerprint density at radius 3 is 2.58 bits per heavy atom. The smallest absolute Gasteiger partial charge is 0.315 e. The second kappa shape index (κ2) is 8.21. The summed E-state index contributed by atoms with van der Waals surface area (Å²) >= 11 is 1.63. The molecule has 4 nitrogen and oxygen atoms in total. The monoisotopic (exact) mass is 353 g/mol. The maximum absolute atomic E-state index is 13.3. The Kier molecular flexibility index (Phi) is 6.28. The normalized spacial score (nSPS) is 13.6. The predicted octanol–water partition coefficient (Wildman–Crippen LogP) is 3.69. The Balaban J connectivity index is 1.91. The van der Waals surface area contributed by atoms with Crippen molar-refractivity contribution in [3.63, 3.8) is 0 Å². The SMILES string of the molecule is CC(NC(=O)NCC(c1cccs1)N(C)C)c1ccc(F)c(F)c1. The van der Waals surface area contributed by atoms with E-state index in [4.69, 9.17) is 0 Å². The maximum Gasteiger partial charge on any atom is 0.315 e. The van der Waals surface area contributed by atoms with Gasteiger partial charge in [-0.1, -0.05) is 12.1 Å². The Labute approximate surface area is 144 Å². The number of rotatable bonds is 6. The third-order valence-electron chi connectivity index (χ3n) is 3.74. The molecule has 2 amide bonds. The molecule has 2 N–H and O–H groups in total. The van der Waals surface area contributed by atoms with E-state index in [1.54, 1.807) is 18.3 Å². The maximum atomic E-state index is 13.3. The molecule has 2 rings (SSSR count). The van der Waals surface area contributed by atoms with Gasteiger partial charge >= 0.3 is 6.03 Å². The third kappa shape index (κ3) is 4.75. The topological polar surface area (TPSA) is 44.4 Å². The van der Waals surface area contributed by atoms with Gasteiger partial charge in [0.05, 0.1) is 12.1 Å². The molecule has 7 heteroatoms. The highest BCUT2D eigenvalue weighted by molar-refractivity contribution is 7.10. The molecule has 0 aliphatic carbocycles. The Bertz CT molecular complexity index is 676. The van der Waals surface area contributed by atoms with E-state index in [1.165, 1.54) is 6.07 Å². The Hall–Kier alpha value is -1.99. The zero-order valence-electron chi connectivity index (χ0n) is 13.8. The van der Waals surface area contributed by atoms with Gasteiger partial charge in [0, 0.05) is 11.4 Å². The number of nitrogens with zero attached hydrogens (tertiary/aromatic N) is 1. The predicted molar refractivity (Wildman–Crippen MR) is 92.1 cm³/mol. The minimum absolute atomic E-state index is 0.0781. The molecular formula is C17H21F2N3OS. The van der Waals surface area contributed by atoms with E-state index in [0.29, 0.717) is 12.1 Å². The lowest BCUT2D eigenvalue weighted by atomic mass is 10.1. The number of amides is 2. The van der Waals surface area contributed by atoms with Crippen molar-refractivity contribution in [2.75, 3.05) is 20.6 Å². The molecule has 0 aliphatic heterocycles. The van der Waals surface area contributed by atoms with Crippen molar-refractivity contribution in [2.24, 2.45) is 0 Å². The molecule has 0 saturated heterocycles. The first-order valence-electron chi connectivity index (χ1n) is 7.57. The second-order valence-electron chi connectivity index (χ2n) is 5.74. The summed E-state index contributed by atoms with van der Waals surface area (Å²) in [5, 5.41) is 7.55. The number of thiophene rings is 1. The van der Waals surface area contributed by atoms with Gasteiger partial charge in [0.15, 0.2) is 11.6 Å². The molecule has 2 aromatic rings. The van der Waals surface area contributed by atoms with E-state index in [1.807, 2.05) is 36.5 Å². The minimum atomic E-state index is -0.924. The van der Waals surface area contributed by atoms with Crippen LogP contribution in [0.4, 0.5) is 13.6 Å². The molecule has 0 radical (unpaired) electrons. The van der Waals surface area contributed by atoms with Crippen molar-refractivity contribution in [2.45, 2.75) is 19.0 Å². The highest BCUT2D eigenvalue weighted by atomic mass is 32.1. The summed E-state index contributed by atoms with van der Waals surface area (Å²) in [4.78, 5) is 15.3.